The van der Waals surface area contributed by atoms with E-state index in [9.17, 15) is 0 Å². The van der Waals surface area contributed by atoms with Crippen molar-refractivity contribution in [1.82, 2.24) is 4.98 Å². The molecule has 1 aliphatic heterocycles. The van der Waals surface area contributed by atoms with Crippen LogP contribution in [0.3, 0.4) is 0 Å². The van der Waals surface area contributed by atoms with Crippen molar-refractivity contribution in [2.75, 3.05) is 23.7 Å². The molecule has 2 N–H and O–H groups in total. The third kappa shape index (κ3) is 2.57. The number of anilines is 2. The minimum absolute atomic E-state index is 0.200. The van der Waals surface area contributed by atoms with Gasteiger partial charge < -0.3 is 15.4 Å². The SMILES string of the molecule is C[C@@H]1CN(c2cc(N)cc(Cl)n2)C[C@H](C)O1. The molecular formula is C11H16ClN3O. The zero-order valence-electron chi connectivity index (χ0n) is 9.48. The molecule has 88 valence electrons. The van der Waals surface area contributed by atoms with Crippen molar-refractivity contribution < 1.29 is 4.74 Å². The van der Waals surface area contributed by atoms with E-state index in [-0.39, 0.29) is 12.2 Å². The Kier molecular flexibility index (Phi) is 3.21. The van der Waals surface area contributed by atoms with Gasteiger partial charge in [0.05, 0.1) is 12.2 Å². The molecule has 0 saturated carbocycles. The van der Waals surface area contributed by atoms with E-state index in [0.29, 0.717) is 10.8 Å². The number of hydrogen-bond donors (Lipinski definition) is 1. The minimum atomic E-state index is 0.200. The van der Waals surface area contributed by atoms with Gasteiger partial charge in [-0.05, 0) is 19.9 Å². The van der Waals surface area contributed by atoms with Gasteiger partial charge in [0.1, 0.15) is 11.0 Å². The van der Waals surface area contributed by atoms with Crippen molar-refractivity contribution >= 4 is 23.1 Å². The Bertz CT molecular complexity index is 355. The second-order valence-corrected chi connectivity index (χ2v) is 4.63. The second-order valence-electron chi connectivity index (χ2n) is 4.24. The van der Waals surface area contributed by atoms with E-state index in [1.807, 2.05) is 6.07 Å². The summed E-state index contributed by atoms with van der Waals surface area (Å²) in [5.74, 6) is 0.826. The first-order valence-corrected chi connectivity index (χ1v) is 5.76. The van der Waals surface area contributed by atoms with Crippen molar-refractivity contribution in [2.24, 2.45) is 0 Å². The van der Waals surface area contributed by atoms with Gasteiger partial charge in [-0.3, -0.25) is 0 Å². The summed E-state index contributed by atoms with van der Waals surface area (Å²) < 4.78 is 5.66. The zero-order valence-corrected chi connectivity index (χ0v) is 10.2. The van der Waals surface area contributed by atoms with Gasteiger partial charge in [0, 0.05) is 24.8 Å². The molecule has 2 atom stereocenters. The summed E-state index contributed by atoms with van der Waals surface area (Å²) >= 11 is 5.89. The summed E-state index contributed by atoms with van der Waals surface area (Å²) in [7, 11) is 0. The Morgan fingerprint density at radius 3 is 2.56 bits per heavy atom. The predicted octanol–water partition coefficient (Wildman–Crippen LogP) is 1.93. The van der Waals surface area contributed by atoms with Crippen LogP contribution in [0.1, 0.15) is 13.8 Å². The lowest BCUT2D eigenvalue weighted by molar-refractivity contribution is -0.00545. The smallest absolute Gasteiger partial charge is 0.133 e. The average Bonchev–Trinajstić information content (AvgIpc) is 2.14. The number of nitrogens with two attached hydrogens (primary N) is 1. The van der Waals surface area contributed by atoms with Crippen LogP contribution in [-0.2, 0) is 4.74 Å². The maximum atomic E-state index is 5.89. The number of morpholine rings is 1. The molecule has 0 aliphatic carbocycles. The molecule has 2 heterocycles. The van der Waals surface area contributed by atoms with Crippen molar-refractivity contribution in [3.8, 4) is 0 Å². The highest BCUT2D eigenvalue weighted by molar-refractivity contribution is 6.29. The van der Waals surface area contributed by atoms with Gasteiger partial charge in [0.2, 0.25) is 0 Å². The van der Waals surface area contributed by atoms with Crippen LogP contribution in [0.25, 0.3) is 0 Å². The fraction of sp³-hybridized carbons (Fsp3) is 0.545. The summed E-state index contributed by atoms with van der Waals surface area (Å²) in [6.07, 6.45) is 0.400. The van der Waals surface area contributed by atoms with E-state index in [1.165, 1.54) is 0 Å². The molecule has 0 amide bonds. The molecule has 0 radical (unpaired) electrons. The highest BCUT2D eigenvalue weighted by Gasteiger charge is 2.23. The lowest BCUT2D eigenvalue weighted by atomic mass is 10.2. The van der Waals surface area contributed by atoms with Crippen LogP contribution in [0.15, 0.2) is 12.1 Å². The summed E-state index contributed by atoms with van der Waals surface area (Å²) in [6.45, 7) is 5.74. The molecule has 1 fully saturated rings. The molecule has 1 aromatic heterocycles. The topological polar surface area (TPSA) is 51.4 Å². The number of hydrogen-bond acceptors (Lipinski definition) is 4. The molecule has 5 heteroatoms. The van der Waals surface area contributed by atoms with E-state index in [2.05, 4.69) is 23.7 Å². The third-order valence-corrected chi connectivity index (χ3v) is 2.74. The van der Waals surface area contributed by atoms with Crippen LogP contribution >= 0.6 is 11.6 Å². The van der Waals surface area contributed by atoms with E-state index in [1.54, 1.807) is 6.07 Å². The second kappa shape index (κ2) is 4.47. The van der Waals surface area contributed by atoms with Crippen molar-refractivity contribution in [1.29, 1.82) is 0 Å². The number of nitrogen functional groups attached to an aromatic ring is 1. The molecule has 1 aliphatic rings. The van der Waals surface area contributed by atoms with Crippen molar-refractivity contribution in [3.63, 3.8) is 0 Å². The average molecular weight is 242 g/mol. The van der Waals surface area contributed by atoms with Crippen LogP contribution in [-0.4, -0.2) is 30.3 Å². The molecule has 0 aromatic carbocycles. The number of pyridine rings is 1. The highest BCUT2D eigenvalue weighted by atomic mass is 35.5. The Labute approximate surface area is 100 Å². The minimum Gasteiger partial charge on any atom is -0.399 e. The molecule has 0 spiro atoms. The van der Waals surface area contributed by atoms with Gasteiger partial charge in [-0.1, -0.05) is 11.6 Å². The van der Waals surface area contributed by atoms with Gasteiger partial charge in [-0.2, -0.15) is 0 Å². The quantitative estimate of drug-likeness (QED) is 0.764. The number of ether oxygens (including phenoxy) is 1. The first kappa shape index (κ1) is 11.5. The number of rotatable bonds is 1. The first-order valence-electron chi connectivity index (χ1n) is 5.38. The third-order valence-electron chi connectivity index (χ3n) is 2.55. The van der Waals surface area contributed by atoms with Crippen LogP contribution in [0.5, 0.6) is 0 Å². The van der Waals surface area contributed by atoms with Gasteiger partial charge >= 0.3 is 0 Å². The highest BCUT2D eigenvalue weighted by Crippen LogP contribution is 2.22. The summed E-state index contributed by atoms with van der Waals surface area (Å²) in [4.78, 5) is 6.44. The van der Waals surface area contributed by atoms with E-state index in [0.717, 1.165) is 18.9 Å². The number of halogens is 1. The van der Waals surface area contributed by atoms with E-state index >= 15 is 0 Å². The maximum Gasteiger partial charge on any atom is 0.133 e. The molecule has 4 nitrogen and oxygen atoms in total. The molecule has 0 bridgehead atoms. The molecule has 0 unspecified atom stereocenters. The molecule has 1 saturated heterocycles. The van der Waals surface area contributed by atoms with Crippen molar-refractivity contribution in [2.45, 2.75) is 26.1 Å². The van der Waals surface area contributed by atoms with Crippen LogP contribution in [0.4, 0.5) is 11.5 Å². The summed E-state index contributed by atoms with van der Waals surface area (Å²) in [5, 5.41) is 0.432. The van der Waals surface area contributed by atoms with Crippen LogP contribution < -0.4 is 10.6 Å². The van der Waals surface area contributed by atoms with Crippen molar-refractivity contribution in [3.05, 3.63) is 17.3 Å². The molecule has 2 rings (SSSR count). The van der Waals surface area contributed by atoms with Gasteiger partial charge in [0.15, 0.2) is 0 Å². The Balaban J connectivity index is 2.22. The Hall–Kier alpha value is -1.00. The molecular weight excluding hydrogens is 226 g/mol. The van der Waals surface area contributed by atoms with Crippen LogP contribution in [0.2, 0.25) is 5.15 Å². The first-order chi connectivity index (χ1) is 7.54. The van der Waals surface area contributed by atoms with E-state index < -0.39 is 0 Å². The molecule has 1 aromatic rings. The Morgan fingerprint density at radius 2 is 2.00 bits per heavy atom. The Morgan fingerprint density at radius 1 is 1.38 bits per heavy atom. The fourth-order valence-corrected chi connectivity index (χ4v) is 2.24. The summed E-state index contributed by atoms with van der Waals surface area (Å²) in [5.41, 5.74) is 6.39. The number of aromatic nitrogens is 1. The predicted molar refractivity (Wildman–Crippen MR) is 65.9 cm³/mol. The largest absolute Gasteiger partial charge is 0.399 e. The summed E-state index contributed by atoms with van der Waals surface area (Å²) in [6, 6.07) is 3.50. The lowest BCUT2D eigenvalue weighted by Gasteiger charge is -2.36. The maximum absolute atomic E-state index is 5.89. The van der Waals surface area contributed by atoms with Gasteiger partial charge in [-0.25, -0.2) is 4.98 Å². The van der Waals surface area contributed by atoms with Crippen LogP contribution in [0, 0.1) is 0 Å². The number of nitrogens with zero attached hydrogens (tertiary/aromatic N) is 2. The fourth-order valence-electron chi connectivity index (χ4n) is 2.03. The monoisotopic (exact) mass is 241 g/mol. The molecule has 16 heavy (non-hydrogen) atoms. The normalized spacial score (nSPS) is 25.8. The van der Waals surface area contributed by atoms with E-state index in [4.69, 9.17) is 22.1 Å². The van der Waals surface area contributed by atoms with Gasteiger partial charge in [-0.15, -0.1) is 0 Å². The lowest BCUT2D eigenvalue weighted by Crippen LogP contribution is -2.45. The van der Waals surface area contributed by atoms with Gasteiger partial charge in [0.25, 0.3) is 0 Å². The standard InChI is InChI=1S/C11H16ClN3O/c1-7-5-15(6-8(2)16-7)11-4-9(13)3-10(12)14-11/h3-4,7-8H,5-6H2,1-2H3,(H2,13,14)/t7-,8+. The zero-order chi connectivity index (χ0) is 11.7.